The van der Waals surface area contributed by atoms with Crippen molar-refractivity contribution in [2.75, 3.05) is 20.6 Å². The highest BCUT2D eigenvalue weighted by Gasteiger charge is 2.33. The first-order valence-electron chi connectivity index (χ1n) is 6.30. The molecule has 1 aromatic carbocycles. The van der Waals surface area contributed by atoms with E-state index in [0.717, 1.165) is 18.0 Å². The largest absolute Gasteiger partial charge is 0.319 e. The number of halogens is 1. The fraction of sp³-hybridized carbons (Fsp3) is 0.571. The quantitative estimate of drug-likeness (QED) is 0.843. The van der Waals surface area contributed by atoms with Crippen molar-refractivity contribution in [3.05, 3.63) is 35.6 Å². The molecule has 0 spiro atoms. The van der Waals surface area contributed by atoms with Gasteiger partial charge >= 0.3 is 0 Å². The lowest BCUT2D eigenvalue weighted by molar-refractivity contribution is 0.0785. The molecule has 0 aliphatic heterocycles. The summed E-state index contributed by atoms with van der Waals surface area (Å²) >= 11 is 0. The summed E-state index contributed by atoms with van der Waals surface area (Å²) in [6.45, 7) is 1.77. The van der Waals surface area contributed by atoms with Crippen LogP contribution in [0.5, 0.6) is 0 Å². The molecule has 0 radical (unpaired) electrons. The third kappa shape index (κ3) is 2.85. The minimum Gasteiger partial charge on any atom is -0.319 e. The number of nitrogens with one attached hydrogen (secondary N) is 1. The van der Waals surface area contributed by atoms with E-state index >= 15 is 0 Å². The van der Waals surface area contributed by atoms with Crippen molar-refractivity contribution in [1.82, 2.24) is 10.2 Å². The first kappa shape index (κ1) is 12.5. The number of rotatable bonds is 5. The average molecular weight is 236 g/mol. The Labute approximate surface area is 103 Å². The van der Waals surface area contributed by atoms with Crippen molar-refractivity contribution in [2.24, 2.45) is 5.92 Å². The molecule has 0 bridgehead atoms. The van der Waals surface area contributed by atoms with Crippen LogP contribution in [0.1, 0.15) is 18.4 Å². The maximum Gasteiger partial charge on any atom is 0.127 e. The average Bonchev–Trinajstić information content (AvgIpc) is 2.27. The SMILES string of the molecule is CNCC1CCC1N(C)Cc1ccccc1F. The molecule has 2 nitrogen and oxygen atoms in total. The van der Waals surface area contributed by atoms with Crippen molar-refractivity contribution >= 4 is 0 Å². The van der Waals surface area contributed by atoms with E-state index in [-0.39, 0.29) is 5.82 Å². The molecule has 94 valence electrons. The number of nitrogens with zero attached hydrogens (tertiary/aromatic N) is 1. The van der Waals surface area contributed by atoms with Gasteiger partial charge in [0.1, 0.15) is 5.82 Å². The lowest BCUT2D eigenvalue weighted by Crippen LogP contribution is -2.48. The predicted molar refractivity (Wildman–Crippen MR) is 68.3 cm³/mol. The van der Waals surface area contributed by atoms with Gasteiger partial charge in [0, 0.05) is 18.2 Å². The molecular weight excluding hydrogens is 215 g/mol. The van der Waals surface area contributed by atoms with Gasteiger partial charge in [-0.1, -0.05) is 18.2 Å². The molecule has 3 heteroatoms. The van der Waals surface area contributed by atoms with E-state index < -0.39 is 0 Å². The monoisotopic (exact) mass is 236 g/mol. The minimum absolute atomic E-state index is 0.0937. The van der Waals surface area contributed by atoms with Crippen molar-refractivity contribution in [3.8, 4) is 0 Å². The molecule has 2 rings (SSSR count). The van der Waals surface area contributed by atoms with Crippen molar-refractivity contribution < 1.29 is 4.39 Å². The smallest absolute Gasteiger partial charge is 0.127 e. The van der Waals surface area contributed by atoms with Gasteiger partial charge in [0.25, 0.3) is 0 Å². The molecule has 0 saturated heterocycles. The molecule has 0 heterocycles. The normalized spacial score (nSPS) is 23.8. The van der Waals surface area contributed by atoms with Crippen molar-refractivity contribution in [2.45, 2.75) is 25.4 Å². The van der Waals surface area contributed by atoms with Gasteiger partial charge in [-0.15, -0.1) is 0 Å². The Hall–Kier alpha value is -0.930. The van der Waals surface area contributed by atoms with Crippen LogP contribution in [0, 0.1) is 11.7 Å². The number of hydrogen-bond acceptors (Lipinski definition) is 2. The fourth-order valence-corrected chi connectivity index (χ4v) is 2.64. The summed E-state index contributed by atoms with van der Waals surface area (Å²) in [4.78, 5) is 2.28. The molecule has 2 atom stereocenters. The Balaban J connectivity index is 1.93. The van der Waals surface area contributed by atoms with Gasteiger partial charge in [0.2, 0.25) is 0 Å². The first-order valence-corrected chi connectivity index (χ1v) is 6.30. The Kier molecular flexibility index (Phi) is 4.13. The van der Waals surface area contributed by atoms with Gasteiger partial charge in [-0.05, 0) is 45.5 Å². The summed E-state index contributed by atoms with van der Waals surface area (Å²) in [5, 5.41) is 3.23. The van der Waals surface area contributed by atoms with Crippen LogP contribution >= 0.6 is 0 Å². The zero-order chi connectivity index (χ0) is 12.3. The predicted octanol–water partition coefficient (Wildman–Crippen LogP) is 2.26. The highest BCUT2D eigenvalue weighted by atomic mass is 19.1. The Morgan fingerprint density at radius 3 is 2.71 bits per heavy atom. The number of hydrogen-bond donors (Lipinski definition) is 1. The van der Waals surface area contributed by atoms with Crippen LogP contribution in [0.2, 0.25) is 0 Å². The van der Waals surface area contributed by atoms with Gasteiger partial charge in [-0.25, -0.2) is 4.39 Å². The molecule has 17 heavy (non-hydrogen) atoms. The summed E-state index contributed by atoms with van der Waals surface area (Å²) in [5.74, 6) is 0.626. The van der Waals surface area contributed by atoms with E-state index in [2.05, 4.69) is 17.3 Å². The summed E-state index contributed by atoms with van der Waals surface area (Å²) in [7, 11) is 4.09. The fourth-order valence-electron chi connectivity index (χ4n) is 2.64. The van der Waals surface area contributed by atoms with E-state index in [1.54, 1.807) is 6.07 Å². The molecule has 1 aromatic rings. The summed E-state index contributed by atoms with van der Waals surface area (Å²) in [6.07, 6.45) is 2.52. The molecule has 1 N–H and O–H groups in total. The van der Waals surface area contributed by atoms with Crippen LogP contribution in [0.4, 0.5) is 4.39 Å². The maximum absolute atomic E-state index is 13.5. The molecule has 0 aromatic heterocycles. The zero-order valence-electron chi connectivity index (χ0n) is 10.6. The molecular formula is C14H21FN2. The second kappa shape index (κ2) is 5.61. The van der Waals surface area contributed by atoms with Gasteiger partial charge in [0.15, 0.2) is 0 Å². The van der Waals surface area contributed by atoms with Gasteiger partial charge in [0.05, 0.1) is 0 Å². The van der Waals surface area contributed by atoms with Crippen LogP contribution in [0.15, 0.2) is 24.3 Å². The van der Waals surface area contributed by atoms with Crippen LogP contribution in [0.3, 0.4) is 0 Å². The lowest BCUT2D eigenvalue weighted by Gasteiger charge is -2.43. The first-order chi connectivity index (χ1) is 8.22. The van der Waals surface area contributed by atoms with E-state index in [0.29, 0.717) is 12.6 Å². The third-order valence-corrected chi connectivity index (χ3v) is 3.79. The molecule has 1 fully saturated rings. The van der Waals surface area contributed by atoms with Crippen LogP contribution in [-0.4, -0.2) is 31.6 Å². The Bertz CT molecular complexity index is 367. The van der Waals surface area contributed by atoms with E-state index in [1.165, 1.54) is 18.9 Å². The van der Waals surface area contributed by atoms with Crippen LogP contribution < -0.4 is 5.32 Å². The molecule has 1 saturated carbocycles. The van der Waals surface area contributed by atoms with Gasteiger partial charge in [-0.2, -0.15) is 0 Å². The summed E-state index contributed by atoms with van der Waals surface area (Å²) < 4.78 is 13.5. The van der Waals surface area contributed by atoms with E-state index in [4.69, 9.17) is 0 Å². The lowest BCUT2D eigenvalue weighted by atomic mass is 9.78. The van der Waals surface area contributed by atoms with Gasteiger partial charge < -0.3 is 5.32 Å². The standard InChI is InChI=1S/C14H21FN2/c1-16-9-11-7-8-14(11)17(2)10-12-5-3-4-6-13(12)15/h3-6,11,14,16H,7-10H2,1-2H3. The van der Waals surface area contributed by atoms with Crippen LogP contribution in [-0.2, 0) is 6.54 Å². The molecule has 2 unspecified atom stereocenters. The highest BCUT2D eigenvalue weighted by molar-refractivity contribution is 5.17. The highest BCUT2D eigenvalue weighted by Crippen LogP contribution is 2.31. The Morgan fingerprint density at radius 2 is 2.12 bits per heavy atom. The Morgan fingerprint density at radius 1 is 1.35 bits per heavy atom. The zero-order valence-corrected chi connectivity index (χ0v) is 10.6. The molecule has 1 aliphatic rings. The summed E-state index contributed by atoms with van der Waals surface area (Å²) in [6, 6.07) is 7.65. The number of benzene rings is 1. The maximum atomic E-state index is 13.5. The second-order valence-corrected chi connectivity index (χ2v) is 4.97. The van der Waals surface area contributed by atoms with E-state index in [1.807, 2.05) is 19.2 Å². The topological polar surface area (TPSA) is 15.3 Å². The molecule has 1 aliphatic carbocycles. The third-order valence-electron chi connectivity index (χ3n) is 3.79. The molecule has 0 amide bonds. The second-order valence-electron chi connectivity index (χ2n) is 4.97. The van der Waals surface area contributed by atoms with Crippen molar-refractivity contribution in [3.63, 3.8) is 0 Å². The van der Waals surface area contributed by atoms with Crippen LogP contribution in [0.25, 0.3) is 0 Å². The van der Waals surface area contributed by atoms with Crippen molar-refractivity contribution in [1.29, 1.82) is 0 Å². The summed E-state index contributed by atoms with van der Waals surface area (Å²) in [5.41, 5.74) is 0.796. The minimum atomic E-state index is -0.0937. The van der Waals surface area contributed by atoms with E-state index in [9.17, 15) is 4.39 Å². The van der Waals surface area contributed by atoms with Gasteiger partial charge in [-0.3, -0.25) is 4.90 Å².